The van der Waals surface area contributed by atoms with Gasteiger partial charge in [-0.3, -0.25) is 4.90 Å². The molecule has 0 spiro atoms. The molecule has 3 nitrogen and oxygen atoms in total. The SMILES string of the molecule is CC(C#N)N1CCC(O)C1(C)C. The van der Waals surface area contributed by atoms with Crippen molar-refractivity contribution in [1.82, 2.24) is 4.90 Å². The van der Waals surface area contributed by atoms with Gasteiger partial charge in [0.05, 0.1) is 18.2 Å². The van der Waals surface area contributed by atoms with Crippen molar-refractivity contribution in [2.75, 3.05) is 6.54 Å². The molecule has 1 aliphatic heterocycles. The maximum Gasteiger partial charge on any atom is 0.0954 e. The fraction of sp³-hybridized carbons (Fsp3) is 0.889. The van der Waals surface area contributed by atoms with Gasteiger partial charge in [-0.1, -0.05) is 0 Å². The molecule has 2 unspecified atom stereocenters. The summed E-state index contributed by atoms with van der Waals surface area (Å²) in [6.45, 7) is 6.67. The van der Waals surface area contributed by atoms with Gasteiger partial charge < -0.3 is 5.11 Å². The molecule has 1 heterocycles. The van der Waals surface area contributed by atoms with E-state index in [0.717, 1.165) is 13.0 Å². The zero-order chi connectivity index (χ0) is 9.35. The van der Waals surface area contributed by atoms with E-state index in [1.165, 1.54) is 0 Å². The van der Waals surface area contributed by atoms with Gasteiger partial charge >= 0.3 is 0 Å². The lowest BCUT2D eigenvalue weighted by molar-refractivity contribution is 0.0457. The average molecular weight is 168 g/mol. The van der Waals surface area contributed by atoms with E-state index in [9.17, 15) is 5.11 Å². The smallest absolute Gasteiger partial charge is 0.0954 e. The molecule has 2 atom stereocenters. The van der Waals surface area contributed by atoms with Crippen LogP contribution in [0.2, 0.25) is 0 Å². The first kappa shape index (κ1) is 9.50. The number of aliphatic hydroxyl groups excluding tert-OH is 1. The summed E-state index contributed by atoms with van der Waals surface area (Å²) in [7, 11) is 0. The third-order valence-corrected chi connectivity index (χ3v) is 2.85. The van der Waals surface area contributed by atoms with E-state index < -0.39 is 0 Å². The summed E-state index contributed by atoms with van der Waals surface area (Å²) in [4.78, 5) is 2.05. The van der Waals surface area contributed by atoms with Crippen LogP contribution in [-0.2, 0) is 0 Å². The second kappa shape index (κ2) is 3.04. The van der Waals surface area contributed by atoms with Crippen LogP contribution in [0.5, 0.6) is 0 Å². The first-order chi connectivity index (χ1) is 5.50. The minimum atomic E-state index is -0.298. The van der Waals surface area contributed by atoms with Gasteiger partial charge in [0, 0.05) is 12.1 Å². The summed E-state index contributed by atoms with van der Waals surface area (Å²) in [6.07, 6.45) is 0.479. The Morgan fingerprint density at radius 1 is 1.67 bits per heavy atom. The molecule has 0 aromatic heterocycles. The third kappa shape index (κ3) is 1.33. The summed E-state index contributed by atoms with van der Waals surface area (Å²) in [6, 6.07) is 2.10. The van der Waals surface area contributed by atoms with Crippen molar-refractivity contribution in [1.29, 1.82) is 5.26 Å². The molecule has 0 aromatic carbocycles. The van der Waals surface area contributed by atoms with Gasteiger partial charge in [-0.15, -0.1) is 0 Å². The number of aliphatic hydroxyl groups is 1. The Labute approximate surface area is 73.6 Å². The number of hydrogen-bond acceptors (Lipinski definition) is 3. The van der Waals surface area contributed by atoms with E-state index in [1.54, 1.807) is 0 Å². The van der Waals surface area contributed by atoms with Crippen molar-refractivity contribution in [2.45, 2.75) is 44.9 Å². The molecule has 0 amide bonds. The van der Waals surface area contributed by atoms with Gasteiger partial charge in [0.15, 0.2) is 0 Å². The molecular weight excluding hydrogens is 152 g/mol. The van der Waals surface area contributed by atoms with E-state index in [0.29, 0.717) is 0 Å². The molecule has 1 fully saturated rings. The van der Waals surface area contributed by atoms with E-state index in [-0.39, 0.29) is 17.7 Å². The first-order valence-corrected chi connectivity index (χ1v) is 4.34. The van der Waals surface area contributed by atoms with Crippen molar-refractivity contribution in [3.63, 3.8) is 0 Å². The van der Waals surface area contributed by atoms with Gasteiger partial charge in [0.25, 0.3) is 0 Å². The number of likely N-dealkylation sites (tertiary alicyclic amines) is 1. The molecule has 1 saturated heterocycles. The average Bonchev–Trinajstić information content (AvgIpc) is 2.27. The van der Waals surface area contributed by atoms with Crippen LogP contribution < -0.4 is 0 Å². The van der Waals surface area contributed by atoms with Crippen LogP contribution in [0.3, 0.4) is 0 Å². The van der Waals surface area contributed by atoms with Gasteiger partial charge in [0.1, 0.15) is 0 Å². The molecule has 1 rings (SSSR count). The van der Waals surface area contributed by atoms with E-state index >= 15 is 0 Å². The van der Waals surface area contributed by atoms with Gasteiger partial charge in [-0.2, -0.15) is 5.26 Å². The monoisotopic (exact) mass is 168 g/mol. The van der Waals surface area contributed by atoms with Crippen molar-refractivity contribution in [2.24, 2.45) is 0 Å². The molecule has 3 heteroatoms. The van der Waals surface area contributed by atoms with Crippen LogP contribution in [0.1, 0.15) is 27.2 Å². The minimum Gasteiger partial charge on any atom is -0.391 e. The Bertz CT molecular complexity index is 207. The second-order valence-corrected chi connectivity index (χ2v) is 3.96. The topological polar surface area (TPSA) is 47.3 Å². The molecule has 0 radical (unpaired) electrons. The first-order valence-electron chi connectivity index (χ1n) is 4.34. The van der Waals surface area contributed by atoms with E-state index in [1.807, 2.05) is 20.8 Å². The lowest BCUT2D eigenvalue weighted by atomic mass is 9.98. The Balaban J connectivity index is 2.76. The summed E-state index contributed by atoms with van der Waals surface area (Å²) in [5.74, 6) is 0. The lowest BCUT2D eigenvalue weighted by Gasteiger charge is -2.35. The Morgan fingerprint density at radius 3 is 2.58 bits per heavy atom. The molecule has 0 aromatic rings. The van der Waals surface area contributed by atoms with E-state index in [2.05, 4.69) is 11.0 Å². The van der Waals surface area contributed by atoms with Crippen molar-refractivity contribution >= 4 is 0 Å². The molecule has 12 heavy (non-hydrogen) atoms. The summed E-state index contributed by atoms with van der Waals surface area (Å²) in [5.41, 5.74) is -0.241. The van der Waals surface area contributed by atoms with Crippen molar-refractivity contribution in [3.05, 3.63) is 0 Å². The summed E-state index contributed by atoms with van der Waals surface area (Å²) in [5, 5.41) is 18.4. The van der Waals surface area contributed by atoms with Crippen LogP contribution in [0.4, 0.5) is 0 Å². The number of nitriles is 1. The number of nitrogens with zero attached hydrogens (tertiary/aromatic N) is 2. The standard InChI is InChI=1S/C9H16N2O/c1-7(6-10)11-5-4-8(12)9(11,2)3/h7-8,12H,4-5H2,1-3H3. The van der Waals surface area contributed by atoms with Gasteiger partial charge in [-0.25, -0.2) is 0 Å². The van der Waals surface area contributed by atoms with E-state index in [4.69, 9.17) is 5.26 Å². The largest absolute Gasteiger partial charge is 0.391 e. The molecule has 0 saturated carbocycles. The molecule has 1 aliphatic rings. The quantitative estimate of drug-likeness (QED) is 0.628. The van der Waals surface area contributed by atoms with Crippen LogP contribution in [0, 0.1) is 11.3 Å². The van der Waals surface area contributed by atoms with Crippen LogP contribution >= 0.6 is 0 Å². The number of hydrogen-bond donors (Lipinski definition) is 1. The maximum atomic E-state index is 9.62. The highest BCUT2D eigenvalue weighted by molar-refractivity contribution is 5.02. The highest BCUT2D eigenvalue weighted by Gasteiger charge is 2.42. The Hall–Kier alpha value is -0.590. The normalized spacial score (nSPS) is 31.4. The molecule has 0 bridgehead atoms. The molecular formula is C9H16N2O. The minimum absolute atomic E-state index is 0.0999. The summed E-state index contributed by atoms with van der Waals surface area (Å²) >= 11 is 0. The zero-order valence-corrected chi connectivity index (χ0v) is 7.91. The Morgan fingerprint density at radius 2 is 2.25 bits per heavy atom. The predicted octanol–water partition coefficient (Wildman–Crippen LogP) is 0.744. The highest BCUT2D eigenvalue weighted by atomic mass is 16.3. The van der Waals surface area contributed by atoms with Gasteiger partial charge in [-0.05, 0) is 27.2 Å². The second-order valence-electron chi connectivity index (χ2n) is 3.96. The van der Waals surface area contributed by atoms with Crippen molar-refractivity contribution < 1.29 is 5.11 Å². The van der Waals surface area contributed by atoms with Crippen LogP contribution in [0.15, 0.2) is 0 Å². The lowest BCUT2D eigenvalue weighted by Crippen LogP contribution is -2.48. The maximum absolute atomic E-state index is 9.62. The highest BCUT2D eigenvalue weighted by Crippen LogP contribution is 2.30. The van der Waals surface area contributed by atoms with Crippen molar-refractivity contribution in [3.8, 4) is 6.07 Å². The predicted molar refractivity (Wildman–Crippen MR) is 46.5 cm³/mol. The fourth-order valence-electron chi connectivity index (χ4n) is 1.86. The molecule has 68 valence electrons. The number of rotatable bonds is 1. The molecule has 0 aliphatic carbocycles. The van der Waals surface area contributed by atoms with Gasteiger partial charge in [0.2, 0.25) is 0 Å². The fourth-order valence-corrected chi connectivity index (χ4v) is 1.86. The third-order valence-electron chi connectivity index (χ3n) is 2.85. The molecule has 1 N–H and O–H groups in total. The Kier molecular flexibility index (Phi) is 2.41. The van der Waals surface area contributed by atoms with Crippen LogP contribution in [-0.4, -0.2) is 34.2 Å². The zero-order valence-electron chi connectivity index (χ0n) is 7.91. The van der Waals surface area contributed by atoms with Crippen LogP contribution in [0.25, 0.3) is 0 Å². The summed E-state index contributed by atoms with van der Waals surface area (Å²) < 4.78 is 0.